The van der Waals surface area contributed by atoms with Crippen LogP contribution in [0.1, 0.15) is 39.5 Å². The van der Waals surface area contributed by atoms with Crippen molar-refractivity contribution in [2.24, 2.45) is 0 Å². The monoisotopic (exact) mass is 209 g/mol. The largest absolute Gasteiger partial charge is 0.302 e. The molecule has 0 aromatic rings. The smallest absolute Gasteiger partial charge is 0.0924 e. The Bertz CT molecular complexity index is 209. The molecule has 2 unspecified atom stereocenters. The van der Waals surface area contributed by atoms with Crippen LogP contribution < -0.4 is 5.32 Å². The zero-order chi connectivity index (χ0) is 11.1. The number of hydrogen-bond donors (Lipinski definition) is 1. The Kier molecular flexibility index (Phi) is 5.67. The Morgan fingerprint density at radius 3 is 3.00 bits per heavy atom. The van der Waals surface area contributed by atoms with E-state index in [2.05, 4.69) is 23.2 Å². The molecular weight excluding hydrogens is 186 g/mol. The molecule has 0 amide bonds. The molecule has 3 nitrogen and oxygen atoms in total. The van der Waals surface area contributed by atoms with Gasteiger partial charge in [-0.2, -0.15) is 5.26 Å². The summed E-state index contributed by atoms with van der Waals surface area (Å²) in [5, 5.41) is 11.8. The molecule has 0 aromatic heterocycles. The van der Waals surface area contributed by atoms with Gasteiger partial charge >= 0.3 is 0 Å². The second-order valence-corrected chi connectivity index (χ2v) is 4.54. The summed E-state index contributed by atoms with van der Waals surface area (Å²) in [5.41, 5.74) is 0. The summed E-state index contributed by atoms with van der Waals surface area (Å²) < 4.78 is 0. The standard InChI is InChI=1S/C12H23N3/c1-11(10-13)14-7-5-9-15-8-4-3-6-12(15)2/h11-12,14H,3-9H2,1-2H3. The molecule has 86 valence electrons. The summed E-state index contributed by atoms with van der Waals surface area (Å²) in [7, 11) is 0. The average molecular weight is 209 g/mol. The van der Waals surface area contributed by atoms with E-state index in [1.165, 1.54) is 32.4 Å². The molecule has 1 rings (SSSR count). The van der Waals surface area contributed by atoms with Crippen LogP contribution in [-0.2, 0) is 0 Å². The highest BCUT2D eigenvalue weighted by Gasteiger charge is 2.16. The van der Waals surface area contributed by atoms with Crippen LogP contribution in [0.4, 0.5) is 0 Å². The van der Waals surface area contributed by atoms with Crippen LogP contribution in [0, 0.1) is 11.3 Å². The predicted molar refractivity (Wildman–Crippen MR) is 62.6 cm³/mol. The van der Waals surface area contributed by atoms with E-state index in [9.17, 15) is 0 Å². The Balaban J connectivity index is 2.06. The Morgan fingerprint density at radius 1 is 1.53 bits per heavy atom. The van der Waals surface area contributed by atoms with Gasteiger partial charge in [0.15, 0.2) is 0 Å². The molecule has 2 atom stereocenters. The van der Waals surface area contributed by atoms with E-state index in [4.69, 9.17) is 5.26 Å². The van der Waals surface area contributed by atoms with Crippen LogP contribution in [0.3, 0.4) is 0 Å². The second kappa shape index (κ2) is 6.81. The molecule has 0 bridgehead atoms. The molecule has 1 aliphatic rings. The molecule has 15 heavy (non-hydrogen) atoms. The zero-order valence-electron chi connectivity index (χ0n) is 10.00. The number of piperidine rings is 1. The first-order chi connectivity index (χ1) is 7.24. The number of likely N-dealkylation sites (tertiary alicyclic amines) is 1. The molecule has 1 N–H and O–H groups in total. The van der Waals surface area contributed by atoms with E-state index in [0.717, 1.165) is 19.0 Å². The minimum Gasteiger partial charge on any atom is -0.302 e. The maximum Gasteiger partial charge on any atom is 0.0924 e. The molecule has 1 fully saturated rings. The Labute approximate surface area is 93.5 Å². The van der Waals surface area contributed by atoms with Crippen LogP contribution in [0.15, 0.2) is 0 Å². The van der Waals surface area contributed by atoms with Crippen molar-refractivity contribution in [2.75, 3.05) is 19.6 Å². The Hall–Kier alpha value is -0.590. The normalized spacial score (nSPS) is 24.7. The van der Waals surface area contributed by atoms with E-state index < -0.39 is 0 Å². The lowest BCUT2D eigenvalue weighted by Gasteiger charge is -2.33. The van der Waals surface area contributed by atoms with Crippen molar-refractivity contribution in [1.82, 2.24) is 10.2 Å². The lowest BCUT2D eigenvalue weighted by Crippen LogP contribution is -2.39. The van der Waals surface area contributed by atoms with Crippen molar-refractivity contribution in [3.63, 3.8) is 0 Å². The van der Waals surface area contributed by atoms with Gasteiger partial charge in [-0.25, -0.2) is 0 Å². The van der Waals surface area contributed by atoms with Crippen molar-refractivity contribution in [3.05, 3.63) is 0 Å². The summed E-state index contributed by atoms with van der Waals surface area (Å²) in [6, 6.07) is 2.93. The van der Waals surface area contributed by atoms with Crippen molar-refractivity contribution in [3.8, 4) is 6.07 Å². The first-order valence-electron chi connectivity index (χ1n) is 6.11. The minimum atomic E-state index is -0.0104. The number of rotatable bonds is 5. The highest BCUT2D eigenvalue weighted by molar-refractivity contribution is 4.85. The summed E-state index contributed by atoms with van der Waals surface area (Å²) in [6.07, 6.45) is 5.24. The average Bonchev–Trinajstić information content (AvgIpc) is 2.26. The fraction of sp³-hybridized carbons (Fsp3) is 0.917. The van der Waals surface area contributed by atoms with E-state index in [-0.39, 0.29) is 6.04 Å². The van der Waals surface area contributed by atoms with Gasteiger partial charge in [0.2, 0.25) is 0 Å². The van der Waals surface area contributed by atoms with Gasteiger partial charge in [0.05, 0.1) is 12.1 Å². The number of nitrogens with one attached hydrogen (secondary N) is 1. The van der Waals surface area contributed by atoms with Crippen molar-refractivity contribution in [1.29, 1.82) is 5.26 Å². The highest BCUT2D eigenvalue weighted by Crippen LogP contribution is 2.15. The number of nitrogens with zero attached hydrogens (tertiary/aromatic N) is 2. The van der Waals surface area contributed by atoms with Crippen molar-refractivity contribution >= 4 is 0 Å². The fourth-order valence-electron chi connectivity index (χ4n) is 2.14. The van der Waals surface area contributed by atoms with Gasteiger partial charge in [0, 0.05) is 6.04 Å². The SMILES string of the molecule is CC(C#N)NCCCN1CCCCC1C. The van der Waals surface area contributed by atoms with Crippen LogP contribution >= 0.6 is 0 Å². The van der Waals surface area contributed by atoms with E-state index in [0.29, 0.717) is 0 Å². The lowest BCUT2D eigenvalue weighted by atomic mass is 10.0. The predicted octanol–water partition coefficient (Wildman–Crippen LogP) is 1.75. The quantitative estimate of drug-likeness (QED) is 0.701. The van der Waals surface area contributed by atoms with Gasteiger partial charge in [-0.15, -0.1) is 0 Å². The first-order valence-corrected chi connectivity index (χ1v) is 6.11. The van der Waals surface area contributed by atoms with Crippen molar-refractivity contribution in [2.45, 2.75) is 51.6 Å². The number of hydrogen-bond acceptors (Lipinski definition) is 3. The molecule has 1 aliphatic heterocycles. The minimum absolute atomic E-state index is 0.0104. The van der Waals surface area contributed by atoms with Gasteiger partial charge in [-0.3, -0.25) is 0 Å². The third kappa shape index (κ3) is 4.63. The summed E-state index contributed by atoms with van der Waals surface area (Å²) in [4.78, 5) is 2.57. The molecule has 0 aromatic carbocycles. The number of nitriles is 1. The Morgan fingerprint density at radius 2 is 2.33 bits per heavy atom. The second-order valence-electron chi connectivity index (χ2n) is 4.54. The third-order valence-corrected chi connectivity index (χ3v) is 3.21. The maximum atomic E-state index is 8.60. The molecule has 0 spiro atoms. The summed E-state index contributed by atoms with van der Waals surface area (Å²) >= 11 is 0. The molecule has 0 radical (unpaired) electrons. The highest BCUT2D eigenvalue weighted by atomic mass is 15.2. The zero-order valence-corrected chi connectivity index (χ0v) is 10.00. The van der Waals surface area contributed by atoms with E-state index >= 15 is 0 Å². The lowest BCUT2D eigenvalue weighted by molar-refractivity contribution is 0.159. The van der Waals surface area contributed by atoms with Gasteiger partial charge in [-0.05, 0) is 52.7 Å². The van der Waals surface area contributed by atoms with Gasteiger partial charge < -0.3 is 10.2 Å². The van der Waals surface area contributed by atoms with Gasteiger partial charge in [-0.1, -0.05) is 6.42 Å². The van der Waals surface area contributed by atoms with Crippen LogP contribution in [-0.4, -0.2) is 36.6 Å². The molecule has 1 heterocycles. The summed E-state index contributed by atoms with van der Waals surface area (Å²) in [6.45, 7) is 7.62. The van der Waals surface area contributed by atoms with Crippen LogP contribution in [0.2, 0.25) is 0 Å². The first kappa shape index (κ1) is 12.5. The van der Waals surface area contributed by atoms with E-state index in [1.54, 1.807) is 0 Å². The van der Waals surface area contributed by atoms with Crippen molar-refractivity contribution < 1.29 is 0 Å². The molecule has 0 saturated carbocycles. The molecule has 1 saturated heterocycles. The van der Waals surface area contributed by atoms with Gasteiger partial charge in [0.25, 0.3) is 0 Å². The third-order valence-electron chi connectivity index (χ3n) is 3.21. The van der Waals surface area contributed by atoms with Crippen LogP contribution in [0.25, 0.3) is 0 Å². The molecular formula is C12H23N3. The molecule has 3 heteroatoms. The van der Waals surface area contributed by atoms with Gasteiger partial charge in [0.1, 0.15) is 0 Å². The van der Waals surface area contributed by atoms with E-state index in [1.807, 2.05) is 6.92 Å². The maximum absolute atomic E-state index is 8.60. The summed E-state index contributed by atoms with van der Waals surface area (Å²) in [5.74, 6) is 0. The molecule has 0 aliphatic carbocycles. The topological polar surface area (TPSA) is 39.1 Å². The van der Waals surface area contributed by atoms with Crippen LogP contribution in [0.5, 0.6) is 0 Å². The fourth-order valence-corrected chi connectivity index (χ4v) is 2.14.